The molecule has 0 saturated carbocycles. The molecule has 2 unspecified atom stereocenters. The van der Waals surface area contributed by atoms with E-state index in [9.17, 15) is 5.11 Å². The Kier molecular flexibility index (Phi) is 3.87. The van der Waals surface area contributed by atoms with E-state index in [0.29, 0.717) is 38.0 Å². The van der Waals surface area contributed by atoms with Gasteiger partial charge in [0.1, 0.15) is 6.10 Å². The van der Waals surface area contributed by atoms with Gasteiger partial charge in [0.15, 0.2) is 11.9 Å². The van der Waals surface area contributed by atoms with Crippen LogP contribution >= 0.6 is 0 Å². The molecule has 1 N–H and O–H groups in total. The van der Waals surface area contributed by atoms with Crippen molar-refractivity contribution in [2.75, 3.05) is 19.8 Å². The lowest BCUT2D eigenvalue weighted by Crippen LogP contribution is -2.22. The van der Waals surface area contributed by atoms with E-state index in [1.165, 1.54) is 0 Å². The van der Waals surface area contributed by atoms with E-state index in [-0.39, 0.29) is 6.10 Å². The summed E-state index contributed by atoms with van der Waals surface area (Å²) in [5, 5.41) is 13.4. The summed E-state index contributed by atoms with van der Waals surface area (Å²) in [6.07, 6.45) is 0.533. The Morgan fingerprint density at radius 2 is 2.38 bits per heavy atom. The Morgan fingerprint density at radius 3 is 3.06 bits per heavy atom. The molecule has 1 aromatic rings. The van der Waals surface area contributed by atoms with Crippen LogP contribution in [0.25, 0.3) is 0 Å². The SMILES string of the molecule is CCCC(O)c1noc(C2COCCO2)n1. The first-order valence-corrected chi connectivity index (χ1v) is 5.52. The first kappa shape index (κ1) is 11.5. The minimum atomic E-state index is -0.660. The van der Waals surface area contributed by atoms with Gasteiger partial charge in [-0.3, -0.25) is 0 Å². The molecule has 0 bridgehead atoms. The summed E-state index contributed by atoms with van der Waals surface area (Å²) in [5.74, 6) is 0.705. The summed E-state index contributed by atoms with van der Waals surface area (Å²) in [5.41, 5.74) is 0. The fourth-order valence-corrected chi connectivity index (χ4v) is 1.55. The quantitative estimate of drug-likeness (QED) is 0.828. The number of hydrogen-bond donors (Lipinski definition) is 1. The molecule has 1 saturated heterocycles. The summed E-state index contributed by atoms with van der Waals surface area (Å²) in [4.78, 5) is 4.12. The van der Waals surface area contributed by atoms with E-state index < -0.39 is 6.10 Å². The molecule has 6 nitrogen and oxygen atoms in total. The van der Waals surface area contributed by atoms with Gasteiger partial charge in [-0.2, -0.15) is 4.98 Å². The minimum Gasteiger partial charge on any atom is -0.385 e. The molecule has 0 radical (unpaired) electrons. The highest BCUT2D eigenvalue weighted by atomic mass is 16.6. The fourth-order valence-electron chi connectivity index (χ4n) is 1.55. The van der Waals surface area contributed by atoms with Crippen LogP contribution in [0.3, 0.4) is 0 Å². The van der Waals surface area contributed by atoms with Crippen LogP contribution < -0.4 is 0 Å². The van der Waals surface area contributed by atoms with E-state index in [0.717, 1.165) is 6.42 Å². The molecule has 1 aromatic heterocycles. The molecule has 16 heavy (non-hydrogen) atoms. The van der Waals surface area contributed by atoms with E-state index in [1.54, 1.807) is 0 Å². The van der Waals surface area contributed by atoms with Gasteiger partial charge in [0.2, 0.25) is 0 Å². The number of ether oxygens (including phenoxy) is 2. The maximum Gasteiger partial charge on any atom is 0.258 e. The first-order chi connectivity index (χ1) is 7.81. The van der Waals surface area contributed by atoms with Gasteiger partial charge in [0, 0.05) is 0 Å². The van der Waals surface area contributed by atoms with Crippen LogP contribution in [-0.2, 0) is 9.47 Å². The molecule has 0 aromatic carbocycles. The van der Waals surface area contributed by atoms with E-state index in [4.69, 9.17) is 14.0 Å². The average molecular weight is 228 g/mol. The topological polar surface area (TPSA) is 77.6 Å². The molecule has 90 valence electrons. The average Bonchev–Trinajstić information content (AvgIpc) is 2.80. The zero-order chi connectivity index (χ0) is 11.4. The number of aliphatic hydroxyl groups is 1. The molecule has 2 heterocycles. The van der Waals surface area contributed by atoms with Crippen molar-refractivity contribution < 1.29 is 19.1 Å². The summed E-state index contributed by atoms with van der Waals surface area (Å²) in [7, 11) is 0. The highest BCUT2D eigenvalue weighted by molar-refractivity contribution is 4.94. The molecule has 1 aliphatic heterocycles. The van der Waals surface area contributed by atoms with Crippen LogP contribution in [0.2, 0.25) is 0 Å². The van der Waals surface area contributed by atoms with Crippen LogP contribution in [0.1, 0.15) is 43.7 Å². The zero-order valence-electron chi connectivity index (χ0n) is 9.26. The monoisotopic (exact) mass is 228 g/mol. The van der Waals surface area contributed by atoms with Crippen LogP contribution in [-0.4, -0.2) is 35.1 Å². The van der Waals surface area contributed by atoms with Crippen LogP contribution in [0.15, 0.2) is 4.52 Å². The van der Waals surface area contributed by atoms with Crippen molar-refractivity contribution in [3.63, 3.8) is 0 Å². The third-order valence-corrected chi connectivity index (χ3v) is 2.41. The predicted molar refractivity (Wildman–Crippen MR) is 53.7 cm³/mol. The third-order valence-electron chi connectivity index (χ3n) is 2.41. The summed E-state index contributed by atoms with van der Waals surface area (Å²) >= 11 is 0. The number of hydrogen-bond acceptors (Lipinski definition) is 6. The summed E-state index contributed by atoms with van der Waals surface area (Å²) in [6.45, 7) is 3.53. The Hall–Kier alpha value is -0.980. The molecule has 0 aliphatic carbocycles. The second-order valence-corrected chi connectivity index (χ2v) is 3.73. The fraction of sp³-hybridized carbons (Fsp3) is 0.800. The molecule has 2 rings (SSSR count). The van der Waals surface area contributed by atoms with Gasteiger partial charge < -0.3 is 19.1 Å². The second kappa shape index (κ2) is 5.38. The van der Waals surface area contributed by atoms with Gasteiger partial charge in [-0.15, -0.1) is 0 Å². The number of nitrogens with zero attached hydrogens (tertiary/aromatic N) is 2. The van der Waals surface area contributed by atoms with Crippen molar-refractivity contribution >= 4 is 0 Å². The maximum atomic E-state index is 9.68. The molecular weight excluding hydrogens is 212 g/mol. The standard InChI is InChI=1S/C10H16N2O4/c1-2-3-7(13)9-11-10(16-12-9)8-6-14-4-5-15-8/h7-8,13H,2-6H2,1H3. The highest BCUT2D eigenvalue weighted by Crippen LogP contribution is 2.21. The van der Waals surface area contributed by atoms with Gasteiger partial charge in [-0.1, -0.05) is 18.5 Å². The van der Waals surface area contributed by atoms with Gasteiger partial charge in [0.25, 0.3) is 5.89 Å². The van der Waals surface area contributed by atoms with Crippen LogP contribution in [0, 0.1) is 0 Å². The molecule has 1 fully saturated rings. The second-order valence-electron chi connectivity index (χ2n) is 3.73. The minimum absolute atomic E-state index is 0.302. The van der Waals surface area contributed by atoms with Crippen LogP contribution in [0.4, 0.5) is 0 Å². The Morgan fingerprint density at radius 1 is 1.50 bits per heavy atom. The highest BCUT2D eigenvalue weighted by Gasteiger charge is 2.24. The van der Waals surface area contributed by atoms with Crippen molar-refractivity contribution in [3.05, 3.63) is 11.7 Å². The van der Waals surface area contributed by atoms with Crippen molar-refractivity contribution in [1.29, 1.82) is 0 Å². The third kappa shape index (κ3) is 2.58. The summed E-state index contributed by atoms with van der Waals surface area (Å²) < 4.78 is 15.7. The van der Waals surface area contributed by atoms with Gasteiger partial charge in [-0.05, 0) is 6.42 Å². The molecule has 1 aliphatic rings. The normalized spacial score (nSPS) is 23.2. The predicted octanol–water partition coefficient (Wildman–Crippen LogP) is 0.991. The lowest BCUT2D eigenvalue weighted by atomic mass is 10.2. The summed E-state index contributed by atoms with van der Waals surface area (Å²) in [6, 6.07) is 0. The molecule has 0 spiro atoms. The van der Waals surface area contributed by atoms with Gasteiger partial charge in [-0.25, -0.2) is 0 Å². The van der Waals surface area contributed by atoms with Crippen molar-refractivity contribution in [1.82, 2.24) is 10.1 Å². The Bertz CT molecular complexity index is 322. The number of rotatable bonds is 4. The van der Waals surface area contributed by atoms with Crippen molar-refractivity contribution in [2.24, 2.45) is 0 Å². The van der Waals surface area contributed by atoms with Crippen LogP contribution in [0.5, 0.6) is 0 Å². The Balaban J connectivity index is 2.00. The van der Waals surface area contributed by atoms with E-state index >= 15 is 0 Å². The molecule has 6 heteroatoms. The van der Waals surface area contributed by atoms with E-state index in [2.05, 4.69) is 10.1 Å². The lowest BCUT2D eigenvalue weighted by Gasteiger charge is -2.19. The number of aliphatic hydroxyl groups excluding tert-OH is 1. The molecule has 2 atom stereocenters. The zero-order valence-corrected chi connectivity index (χ0v) is 9.26. The van der Waals surface area contributed by atoms with Gasteiger partial charge in [0.05, 0.1) is 19.8 Å². The first-order valence-electron chi connectivity index (χ1n) is 5.52. The van der Waals surface area contributed by atoms with Crippen molar-refractivity contribution in [2.45, 2.75) is 32.0 Å². The smallest absolute Gasteiger partial charge is 0.258 e. The largest absolute Gasteiger partial charge is 0.385 e. The maximum absolute atomic E-state index is 9.68. The molecule has 0 amide bonds. The lowest BCUT2D eigenvalue weighted by molar-refractivity contribution is -0.101. The number of aromatic nitrogens is 2. The van der Waals surface area contributed by atoms with E-state index in [1.807, 2.05) is 6.92 Å². The Labute approximate surface area is 93.6 Å². The van der Waals surface area contributed by atoms with Gasteiger partial charge >= 0.3 is 0 Å². The molecular formula is C10H16N2O4. The van der Waals surface area contributed by atoms with Crippen molar-refractivity contribution in [3.8, 4) is 0 Å².